The molecular weight excluding hydrogens is 353 g/mol. The van der Waals surface area contributed by atoms with Gasteiger partial charge < -0.3 is 9.21 Å². The molecule has 0 atom stereocenters. The van der Waals surface area contributed by atoms with E-state index in [4.69, 9.17) is 9.69 Å². The van der Waals surface area contributed by atoms with Crippen LogP contribution in [0.25, 0.3) is 0 Å². The Morgan fingerprint density at radius 3 is 2.45 bits per heavy atom. The Morgan fingerprint density at radius 2 is 2.09 bits per heavy atom. The fourth-order valence-electron chi connectivity index (χ4n) is 0.343. The van der Waals surface area contributed by atoms with Gasteiger partial charge >= 0.3 is 27.0 Å². The van der Waals surface area contributed by atoms with E-state index in [1.807, 2.05) is 0 Å². The zero-order valence-corrected chi connectivity index (χ0v) is 12.1. The summed E-state index contributed by atoms with van der Waals surface area (Å²) in [5.41, 5.74) is -0.418. The van der Waals surface area contributed by atoms with Crippen molar-refractivity contribution in [1.82, 2.24) is 0 Å². The van der Waals surface area contributed by atoms with Crippen molar-refractivity contribution in [2.24, 2.45) is 0 Å². The monoisotopic (exact) mass is 350 g/mol. The second-order valence-electron chi connectivity index (χ2n) is 1.33. The summed E-state index contributed by atoms with van der Waals surface area (Å²) in [5.74, 6) is 0. The molecule has 0 amide bonds. The molecule has 0 aliphatic rings. The summed E-state index contributed by atoms with van der Waals surface area (Å²) in [6.07, 6.45) is 2.34. The van der Waals surface area contributed by atoms with Gasteiger partial charge in [-0.05, 0) is 4.47 Å². The van der Waals surface area contributed by atoms with Crippen LogP contribution in [0.3, 0.4) is 0 Å². The topological polar surface area (TPSA) is 30.2 Å². The summed E-state index contributed by atoms with van der Waals surface area (Å²) in [4.78, 5) is 10.5. The quantitative estimate of drug-likeness (QED) is 0.530. The molecule has 0 N–H and O–H groups in total. The van der Waals surface area contributed by atoms with Crippen LogP contribution < -0.4 is 5.63 Å². The number of rotatable bonds is 0. The third-order valence-electron chi connectivity index (χ3n) is 0.690. The molecule has 0 saturated heterocycles. The Labute approximate surface area is 94.3 Å². The van der Waals surface area contributed by atoms with Crippen LogP contribution >= 0.6 is 41.6 Å². The van der Waals surface area contributed by atoms with Crippen molar-refractivity contribution >= 4 is 41.6 Å². The van der Waals surface area contributed by atoms with Crippen molar-refractivity contribution in [3.05, 3.63) is 31.7 Å². The van der Waals surface area contributed by atoms with Gasteiger partial charge in [0, 0.05) is 6.26 Å². The molecule has 0 aliphatic heterocycles. The summed E-state index contributed by atoms with van der Waals surface area (Å²) >= 11 is 6.92. The fraction of sp³-hybridized carbons (Fsp3) is 0. The molecule has 0 fully saturated rings. The predicted molar refractivity (Wildman–Crippen MR) is 45.1 cm³/mol. The van der Waals surface area contributed by atoms with E-state index < -0.39 is 5.63 Å². The van der Waals surface area contributed by atoms with Crippen LogP contribution in [0.1, 0.15) is 0 Å². The third-order valence-corrected chi connectivity index (χ3v) is 1.63. The van der Waals surface area contributed by atoms with Crippen molar-refractivity contribution in [2.75, 3.05) is 0 Å². The molecule has 1 heterocycles. The second-order valence-corrected chi connectivity index (χ2v) is 3.04. The summed E-state index contributed by atoms with van der Waals surface area (Å²) in [6.45, 7) is 0. The minimum atomic E-state index is -0.418. The Hall–Kier alpha value is 0.823. The van der Waals surface area contributed by atoms with Gasteiger partial charge in [0.25, 0.3) is 0 Å². The van der Waals surface area contributed by atoms with Gasteiger partial charge in [-0.3, -0.25) is 0 Å². The van der Waals surface area contributed by atoms with Crippen LogP contribution in [0.2, 0.25) is 0 Å². The van der Waals surface area contributed by atoms with Crippen LogP contribution in [0.15, 0.2) is 24.2 Å². The van der Waals surface area contributed by atoms with Gasteiger partial charge in [0.15, 0.2) is 0 Å². The first-order valence-corrected chi connectivity index (χ1v) is 7.82. The summed E-state index contributed by atoms with van der Waals surface area (Å²) < 4.78 is 5.43. The van der Waals surface area contributed by atoms with Crippen molar-refractivity contribution in [1.29, 1.82) is 0 Å². The van der Waals surface area contributed by atoms with E-state index in [0.29, 0.717) is 8.95 Å². The van der Waals surface area contributed by atoms with E-state index in [9.17, 15) is 4.79 Å². The van der Waals surface area contributed by atoms with E-state index in [1.54, 1.807) is 6.07 Å². The molecule has 1 aromatic rings. The van der Waals surface area contributed by atoms with Crippen molar-refractivity contribution in [3.8, 4) is 0 Å². The first-order chi connectivity index (χ1) is 5.20. The minimum absolute atomic E-state index is 0.396. The third kappa shape index (κ3) is 4.41. The first kappa shape index (κ1) is 11.8. The van der Waals surface area contributed by atoms with E-state index in [1.165, 1.54) is 0 Å². The van der Waals surface area contributed by atoms with Crippen LogP contribution in [0.5, 0.6) is 0 Å². The molecule has 0 unspecified atom stereocenters. The first-order valence-electron chi connectivity index (χ1n) is 2.33. The molecule has 0 saturated carbocycles. The van der Waals surface area contributed by atoms with Crippen molar-refractivity contribution < 1.29 is 21.7 Å². The molecule has 0 radical (unpaired) electrons. The molecule has 1 aromatic heterocycles. The molecule has 2 nitrogen and oxygen atoms in total. The maximum absolute atomic E-state index is 10.5. The molecule has 56 valence electrons. The van der Waals surface area contributed by atoms with E-state index in [0.717, 1.165) is 17.3 Å². The second kappa shape index (κ2) is 6.35. The number of hydrogen-bond acceptors (Lipinski definition) is 2. The van der Waals surface area contributed by atoms with E-state index in [2.05, 4.69) is 42.5 Å². The van der Waals surface area contributed by atoms with Crippen LogP contribution in [0.4, 0.5) is 0 Å². The Balaban J connectivity index is 0.000000461. The van der Waals surface area contributed by atoms with Gasteiger partial charge in [-0.2, -0.15) is 0 Å². The Morgan fingerprint density at radius 1 is 1.55 bits per heavy atom. The molecule has 11 heavy (non-hydrogen) atoms. The fourth-order valence-corrected chi connectivity index (χ4v) is 1.27. The average Bonchev–Trinajstić information content (AvgIpc) is 2.02. The summed E-state index contributed by atoms with van der Waals surface area (Å²) in [7, 11) is 4.76. The molecule has 0 spiro atoms. The summed E-state index contributed by atoms with van der Waals surface area (Å²) in [6, 6.07) is 1.58. The van der Waals surface area contributed by atoms with Gasteiger partial charge in [-0.1, -0.05) is 36.3 Å². The van der Waals surface area contributed by atoms with Gasteiger partial charge in [-0.25, -0.2) is 0 Å². The van der Waals surface area contributed by atoms with Crippen molar-refractivity contribution in [3.63, 3.8) is 0 Å². The SMILES string of the molecule is O=c1o[c-]c(Br)cc1Br.[Cl][Zn+]. The molecule has 0 aliphatic carbocycles. The number of halogens is 3. The predicted octanol–water partition coefficient (Wildman–Crippen LogP) is 2.65. The Bertz CT molecular complexity index is 275. The van der Waals surface area contributed by atoms with Gasteiger partial charge in [0.05, 0.1) is 0 Å². The van der Waals surface area contributed by atoms with E-state index in [-0.39, 0.29) is 0 Å². The van der Waals surface area contributed by atoms with Crippen LogP contribution in [-0.2, 0) is 17.3 Å². The van der Waals surface area contributed by atoms with Crippen LogP contribution in [0, 0.1) is 6.26 Å². The Kier molecular flexibility index (Phi) is 6.83. The summed E-state index contributed by atoms with van der Waals surface area (Å²) in [5, 5.41) is 0. The normalized spacial score (nSPS) is 8.45. The molecule has 6 heteroatoms. The van der Waals surface area contributed by atoms with Crippen LogP contribution in [-0.4, -0.2) is 0 Å². The van der Waals surface area contributed by atoms with Crippen molar-refractivity contribution in [2.45, 2.75) is 0 Å². The van der Waals surface area contributed by atoms with E-state index >= 15 is 0 Å². The number of hydrogen-bond donors (Lipinski definition) is 0. The molecule has 0 aromatic carbocycles. The van der Waals surface area contributed by atoms with Gasteiger partial charge in [0.1, 0.15) is 0 Å². The zero-order valence-electron chi connectivity index (χ0n) is 5.23. The molecule has 1 rings (SSSR count). The maximum atomic E-state index is 10.5. The molecular formula is C5HBr2ClO2Zn. The van der Waals surface area contributed by atoms with Gasteiger partial charge in [0.2, 0.25) is 5.63 Å². The zero-order chi connectivity index (χ0) is 8.85. The van der Waals surface area contributed by atoms with Gasteiger partial charge in [-0.15, -0.1) is 6.07 Å². The standard InChI is InChI=1S/C5HBr2O2.ClH.Zn/c6-3-1-4(7)5(8)9-2-3;;/h1H;1H;/q-1;;+2/p-1. The average molecular weight is 354 g/mol. The molecule has 0 bridgehead atoms.